The third kappa shape index (κ3) is 1.94. The second-order valence-corrected chi connectivity index (χ2v) is 2.34. The Kier molecular flexibility index (Phi) is 2.27. The van der Waals surface area contributed by atoms with Crippen LogP contribution in [0.3, 0.4) is 0 Å². The summed E-state index contributed by atoms with van der Waals surface area (Å²) in [5, 5.41) is 10.4. The third-order valence-corrected chi connectivity index (χ3v) is 1.42. The maximum absolute atomic E-state index is 10.7. The van der Waals surface area contributed by atoms with Crippen molar-refractivity contribution in [2.24, 2.45) is 0 Å². The number of alkyl carbamates (subject to hydrolysis) is 1. The largest absolute Gasteiger partial charge is 0.481 e. The maximum Gasteiger partial charge on any atom is 0.415 e. The smallest absolute Gasteiger partial charge is 0.415 e. The Morgan fingerprint density at radius 3 is 2.67 bits per heavy atom. The van der Waals surface area contributed by atoms with Crippen LogP contribution in [0.1, 0.15) is 12.8 Å². The van der Waals surface area contributed by atoms with Crippen LogP contribution in [0, 0.1) is 0 Å². The SMILES string of the molecule is O=C(O)CC[C@@H]1NC(=O)OC1=O. The average Bonchev–Trinajstić information content (AvgIpc) is 2.26. The van der Waals surface area contributed by atoms with Gasteiger partial charge in [-0.3, -0.25) is 4.79 Å². The number of esters is 1. The summed E-state index contributed by atoms with van der Waals surface area (Å²) in [6, 6.07) is -0.798. The summed E-state index contributed by atoms with van der Waals surface area (Å²) in [6.07, 6.45) is -0.907. The lowest BCUT2D eigenvalue weighted by atomic mass is 10.2. The molecule has 1 fully saturated rings. The molecule has 0 aliphatic carbocycles. The van der Waals surface area contributed by atoms with Gasteiger partial charge < -0.3 is 15.2 Å². The van der Waals surface area contributed by atoms with Gasteiger partial charge in [0, 0.05) is 6.42 Å². The van der Waals surface area contributed by atoms with Gasteiger partial charge in [-0.25, -0.2) is 9.59 Å². The molecule has 0 spiro atoms. The second kappa shape index (κ2) is 3.21. The minimum Gasteiger partial charge on any atom is -0.481 e. The van der Waals surface area contributed by atoms with Crippen LogP contribution in [-0.4, -0.2) is 29.2 Å². The highest BCUT2D eigenvalue weighted by Crippen LogP contribution is 2.06. The molecule has 1 heterocycles. The van der Waals surface area contributed by atoms with Crippen molar-refractivity contribution in [3.8, 4) is 0 Å². The molecular weight excluding hydrogens is 166 g/mol. The van der Waals surface area contributed by atoms with Crippen LogP contribution in [0.5, 0.6) is 0 Å². The van der Waals surface area contributed by atoms with Crippen molar-refractivity contribution in [2.45, 2.75) is 18.9 Å². The van der Waals surface area contributed by atoms with Crippen LogP contribution in [0.25, 0.3) is 0 Å². The Labute approximate surface area is 67.5 Å². The van der Waals surface area contributed by atoms with E-state index >= 15 is 0 Å². The zero-order valence-electron chi connectivity index (χ0n) is 6.07. The number of aliphatic carboxylic acids is 1. The van der Waals surface area contributed by atoms with Crippen molar-refractivity contribution in [2.75, 3.05) is 0 Å². The fourth-order valence-corrected chi connectivity index (χ4v) is 0.851. The molecule has 0 unspecified atom stereocenters. The average molecular weight is 173 g/mol. The van der Waals surface area contributed by atoms with Crippen LogP contribution < -0.4 is 5.32 Å². The van der Waals surface area contributed by atoms with Crippen molar-refractivity contribution < 1.29 is 24.2 Å². The molecule has 0 aromatic heterocycles. The van der Waals surface area contributed by atoms with Crippen LogP contribution in [0.15, 0.2) is 0 Å². The van der Waals surface area contributed by atoms with Crippen molar-refractivity contribution >= 4 is 18.0 Å². The van der Waals surface area contributed by atoms with Gasteiger partial charge in [0.15, 0.2) is 0 Å². The number of hydrogen-bond acceptors (Lipinski definition) is 4. The molecule has 0 saturated carbocycles. The van der Waals surface area contributed by atoms with Crippen molar-refractivity contribution in [3.63, 3.8) is 0 Å². The van der Waals surface area contributed by atoms with E-state index in [0.717, 1.165) is 0 Å². The molecule has 0 aromatic rings. The molecule has 12 heavy (non-hydrogen) atoms. The lowest BCUT2D eigenvalue weighted by Crippen LogP contribution is -2.29. The van der Waals surface area contributed by atoms with Gasteiger partial charge in [-0.15, -0.1) is 0 Å². The van der Waals surface area contributed by atoms with E-state index in [9.17, 15) is 14.4 Å². The van der Waals surface area contributed by atoms with E-state index in [0.29, 0.717) is 0 Å². The molecule has 0 bridgehead atoms. The maximum atomic E-state index is 10.7. The molecule has 1 saturated heterocycles. The first-order valence-corrected chi connectivity index (χ1v) is 3.33. The molecule has 6 nitrogen and oxygen atoms in total. The molecule has 1 aliphatic heterocycles. The monoisotopic (exact) mass is 173 g/mol. The number of nitrogens with one attached hydrogen (secondary N) is 1. The summed E-state index contributed by atoms with van der Waals surface area (Å²) >= 11 is 0. The normalized spacial score (nSPS) is 21.8. The van der Waals surface area contributed by atoms with E-state index in [4.69, 9.17) is 5.11 Å². The van der Waals surface area contributed by atoms with Crippen LogP contribution >= 0.6 is 0 Å². The number of carboxylic acid groups (broad SMARTS) is 1. The fraction of sp³-hybridized carbons (Fsp3) is 0.500. The number of cyclic esters (lactones) is 2. The summed E-state index contributed by atoms with van der Waals surface area (Å²) in [5.41, 5.74) is 0. The van der Waals surface area contributed by atoms with Gasteiger partial charge in [-0.05, 0) is 6.42 Å². The number of rotatable bonds is 3. The molecule has 1 amide bonds. The minimum absolute atomic E-state index is 0.0694. The van der Waals surface area contributed by atoms with E-state index in [1.54, 1.807) is 0 Å². The number of carbonyl (C=O) groups is 3. The fourth-order valence-electron chi connectivity index (χ4n) is 0.851. The third-order valence-electron chi connectivity index (χ3n) is 1.42. The molecule has 0 radical (unpaired) electrons. The number of carbonyl (C=O) groups excluding carboxylic acids is 2. The van der Waals surface area contributed by atoms with E-state index in [1.807, 2.05) is 0 Å². The first kappa shape index (κ1) is 8.51. The molecule has 2 N–H and O–H groups in total. The Balaban J connectivity index is 2.38. The molecule has 6 heteroatoms. The predicted molar refractivity (Wildman–Crippen MR) is 35.3 cm³/mol. The summed E-state index contributed by atoms with van der Waals surface area (Å²) in [4.78, 5) is 31.2. The zero-order valence-corrected chi connectivity index (χ0v) is 6.07. The Hall–Kier alpha value is -1.59. The van der Waals surface area contributed by atoms with Crippen molar-refractivity contribution in [1.29, 1.82) is 0 Å². The first-order valence-electron chi connectivity index (χ1n) is 3.33. The Bertz CT molecular complexity index is 236. The number of hydrogen-bond donors (Lipinski definition) is 2. The van der Waals surface area contributed by atoms with E-state index in [2.05, 4.69) is 10.1 Å². The summed E-state index contributed by atoms with van der Waals surface area (Å²) < 4.78 is 4.12. The topological polar surface area (TPSA) is 92.7 Å². The van der Waals surface area contributed by atoms with Gasteiger partial charge in [0.1, 0.15) is 6.04 Å². The summed E-state index contributed by atoms with van der Waals surface area (Å²) in [7, 11) is 0. The van der Waals surface area contributed by atoms with Crippen LogP contribution in [0.4, 0.5) is 4.79 Å². The Morgan fingerprint density at radius 1 is 1.58 bits per heavy atom. The van der Waals surface area contributed by atoms with Crippen molar-refractivity contribution in [3.05, 3.63) is 0 Å². The number of ether oxygens (including phenoxy) is 1. The Morgan fingerprint density at radius 2 is 2.25 bits per heavy atom. The molecule has 1 rings (SSSR count). The van der Waals surface area contributed by atoms with E-state index < -0.39 is 24.1 Å². The van der Waals surface area contributed by atoms with Crippen molar-refractivity contribution in [1.82, 2.24) is 5.32 Å². The standard InChI is InChI=1S/C6H7NO5/c8-4(9)2-1-3-5(10)12-6(11)7-3/h3H,1-2H2,(H,7,11)(H,8,9)/t3-/m0/s1. The lowest BCUT2D eigenvalue weighted by Gasteiger charge is -2.00. The summed E-state index contributed by atoms with van der Waals surface area (Å²) in [6.45, 7) is 0. The molecule has 1 aliphatic rings. The number of amides is 1. The second-order valence-electron chi connectivity index (χ2n) is 2.34. The zero-order chi connectivity index (χ0) is 9.14. The van der Waals surface area contributed by atoms with Gasteiger partial charge in [0.05, 0.1) is 0 Å². The van der Waals surface area contributed by atoms with Gasteiger partial charge in [0.25, 0.3) is 0 Å². The molecular formula is C6H7NO5. The molecule has 0 aromatic carbocycles. The van der Waals surface area contributed by atoms with Crippen LogP contribution in [-0.2, 0) is 14.3 Å². The number of carboxylic acids is 1. The van der Waals surface area contributed by atoms with Gasteiger partial charge in [-0.2, -0.15) is 0 Å². The predicted octanol–water partition coefficient (Wildman–Crippen LogP) is -0.514. The minimum atomic E-state index is -1.01. The summed E-state index contributed by atoms with van der Waals surface area (Å²) in [5.74, 6) is -1.72. The highest BCUT2D eigenvalue weighted by Gasteiger charge is 2.32. The highest BCUT2D eigenvalue weighted by molar-refractivity contribution is 5.95. The first-order chi connectivity index (χ1) is 5.59. The van der Waals surface area contributed by atoms with Crippen LogP contribution in [0.2, 0.25) is 0 Å². The van der Waals surface area contributed by atoms with Gasteiger partial charge >= 0.3 is 18.0 Å². The van der Waals surface area contributed by atoms with Gasteiger partial charge in [0.2, 0.25) is 0 Å². The van der Waals surface area contributed by atoms with E-state index in [1.165, 1.54) is 0 Å². The molecule has 1 atom stereocenters. The van der Waals surface area contributed by atoms with E-state index in [-0.39, 0.29) is 12.8 Å². The lowest BCUT2D eigenvalue weighted by molar-refractivity contribution is -0.138. The van der Waals surface area contributed by atoms with Gasteiger partial charge in [-0.1, -0.05) is 0 Å². The highest BCUT2D eigenvalue weighted by atomic mass is 16.6. The quantitative estimate of drug-likeness (QED) is 0.442. The molecule has 66 valence electrons.